The summed E-state index contributed by atoms with van der Waals surface area (Å²) in [6, 6.07) is 21.9. The Kier molecular flexibility index (Phi) is 5.13. The lowest BCUT2D eigenvalue weighted by Crippen LogP contribution is -2.59. The minimum atomic E-state index is -0.103. The Hall–Kier alpha value is -2.13. The van der Waals surface area contributed by atoms with Gasteiger partial charge in [-0.2, -0.15) is 0 Å². The van der Waals surface area contributed by atoms with Crippen molar-refractivity contribution in [2.45, 2.75) is 56.9 Å². The summed E-state index contributed by atoms with van der Waals surface area (Å²) in [5.41, 5.74) is 3.01. The van der Waals surface area contributed by atoms with Gasteiger partial charge in [0.25, 0.3) is 0 Å². The first-order valence-electron chi connectivity index (χ1n) is 12.8. The highest BCUT2D eigenvalue weighted by Crippen LogP contribution is 2.66. The SMILES string of the molecule is O=C(N1CCCN(Cc2ccccc2)CC1)C12CC3CC(C1)CC(c1ccccc1)(C3)C2. The van der Waals surface area contributed by atoms with Crippen LogP contribution in [0.1, 0.15) is 56.1 Å². The highest BCUT2D eigenvalue weighted by atomic mass is 16.2. The Morgan fingerprint density at radius 3 is 2.22 bits per heavy atom. The van der Waals surface area contributed by atoms with Crippen LogP contribution in [-0.2, 0) is 16.8 Å². The van der Waals surface area contributed by atoms with Gasteiger partial charge in [-0.25, -0.2) is 0 Å². The second-order valence-electron chi connectivity index (χ2n) is 11.3. The summed E-state index contributed by atoms with van der Waals surface area (Å²) in [4.78, 5) is 18.9. The van der Waals surface area contributed by atoms with Crippen molar-refractivity contribution in [3.63, 3.8) is 0 Å². The maximum Gasteiger partial charge on any atom is 0.228 e. The standard InChI is InChI=1S/C29H36N2O/c32-27(31-13-7-12-30(14-15-31)21-23-8-3-1-4-9-23)29-19-24-16-25(20-29)18-28(17-24,22-29)26-10-5-2-6-11-26/h1-6,8-11,24-25H,7,12-22H2. The van der Waals surface area contributed by atoms with Crippen molar-refractivity contribution in [3.8, 4) is 0 Å². The molecule has 1 saturated heterocycles. The molecule has 0 N–H and O–H groups in total. The molecule has 5 fully saturated rings. The zero-order chi connectivity index (χ0) is 21.6. The van der Waals surface area contributed by atoms with Gasteiger partial charge in [0.05, 0.1) is 5.41 Å². The van der Waals surface area contributed by atoms with Gasteiger partial charge in [0.2, 0.25) is 5.91 Å². The van der Waals surface area contributed by atoms with E-state index in [9.17, 15) is 4.79 Å². The lowest BCUT2D eigenvalue weighted by atomic mass is 9.42. The van der Waals surface area contributed by atoms with Crippen LogP contribution in [-0.4, -0.2) is 41.9 Å². The number of nitrogens with zero attached hydrogens (tertiary/aromatic N) is 2. The number of carbonyl (C=O) groups is 1. The molecule has 3 heteroatoms. The van der Waals surface area contributed by atoms with Crippen molar-refractivity contribution in [1.29, 1.82) is 0 Å². The molecular weight excluding hydrogens is 392 g/mol. The molecule has 0 radical (unpaired) electrons. The minimum Gasteiger partial charge on any atom is -0.341 e. The van der Waals surface area contributed by atoms with Crippen molar-refractivity contribution >= 4 is 5.91 Å². The fourth-order valence-electron chi connectivity index (χ4n) is 8.15. The van der Waals surface area contributed by atoms with Crippen molar-refractivity contribution < 1.29 is 4.79 Å². The first kappa shape index (κ1) is 20.5. The van der Waals surface area contributed by atoms with Gasteiger partial charge in [0.1, 0.15) is 0 Å². The molecule has 1 heterocycles. The topological polar surface area (TPSA) is 23.6 Å². The third kappa shape index (κ3) is 3.59. The quantitative estimate of drug-likeness (QED) is 0.663. The first-order chi connectivity index (χ1) is 15.6. The Bertz CT molecular complexity index is 942. The highest BCUT2D eigenvalue weighted by Gasteiger charge is 2.61. The summed E-state index contributed by atoms with van der Waals surface area (Å²) in [5.74, 6) is 1.97. The second kappa shape index (κ2) is 8.02. The van der Waals surface area contributed by atoms with Crippen LogP contribution in [0.15, 0.2) is 60.7 Å². The normalized spacial score (nSPS) is 34.4. The van der Waals surface area contributed by atoms with E-state index in [1.165, 1.54) is 30.4 Å². The van der Waals surface area contributed by atoms with E-state index in [-0.39, 0.29) is 10.8 Å². The van der Waals surface area contributed by atoms with Gasteiger partial charge in [0.15, 0.2) is 0 Å². The highest BCUT2D eigenvalue weighted by molar-refractivity contribution is 5.83. The Balaban J connectivity index is 1.20. The van der Waals surface area contributed by atoms with Gasteiger partial charge in [-0.15, -0.1) is 0 Å². The van der Waals surface area contributed by atoms with Gasteiger partial charge in [-0.3, -0.25) is 9.69 Å². The summed E-state index contributed by atoms with van der Waals surface area (Å²) >= 11 is 0. The fraction of sp³-hybridized carbons (Fsp3) is 0.552. The fourth-order valence-corrected chi connectivity index (χ4v) is 8.15. The van der Waals surface area contributed by atoms with Crippen molar-refractivity contribution in [2.75, 3.05) is 26.2 Å². The van der Waals surface area contributed by atoms with Crippen LogP contribution in [0.3, 0.4) is 0 Å². The molecule has 2 aromatic rings. The summed E-state index contributed by atoms with van der Waals surface area (Å²) in [6.07, 6.45) is 8.41. The zero-order valence-corrected chi connectivity index (χ0v) is 19.2. The molecule has 2 aromatic carbocycles. The Morgan fingerprint density at radius 2 is 1.50 bits per heavy atom. The molecule has 32 heavy (non-hydrogen) atoms. The molecule has 0 aromatic heterocycles. The van der Waals surface area contributed by atoms with Crippen LogP contribution in [0.2, 0.25) is 0 Å². The average molecular weight is 429 g/mol. The van der Waals surface area contributed by atoms with Crippen LogP contribution in [0.5, 0.6) is 0 Å². The van der Waals surface area contributed by atoms with Crippen LogP contribution in [0.4, 0.5) is 0 Å². The van der Waals surface area contributed by atoms with Gasteiger partial charge in [-0.1, -0.05) is 60.7 Å². The molecule has 7 rings (SSSR count). The molecule has 4 aliphatic carbocycles. The van der Waals surface area contributed by atoms with Crippen LogP contribution in [0.25, 0.3) is 0 Å². The monoisotopic (exact) mass is 428 g/mol. The minimum absolute atomic E-state index is 0.103. The number of benzene rings is 2. The Labute approximate surface area is 192 Å². The van der Waals surface area contributed by atoms with E-state index in [0.29, 0.717) is 5.91 Å². The van der Waals surface area contributed by atoms with Crippen LogP contribution < -0.4 is 0 Å². The van der Waals surface area contributed by atoms with E-state index < -0.39 is 0 Å². The first-order valence-corrected chi connectivity index (χ1v) is 12.8. The molecule has 168 valence electrons. The third-order valence-corrected chi connectivity index (χ3v) is 9.03. The van der Waals surface area contributed by atoms with E-state index in [1.54, 1.807) is 0 Å². The summed E-state index contributed by atoms with van der Waals surface area (Å²) in [5, 5.41) is 0. The molecule has 0 spiro atoms. The zero-order valence-electron chi connectivity index (χ0n) is 19.2. The van der Waals surface area contributed by atoms with Gasteiger partial charge < -0.3 is 4.90 Å². The number of carbonyl (C=O) groups excluding carboxylic acids is 1. The molecule has 1 amide bonds. The molecule has 1 aliphatic heterocycles. The molecule has 2 atom stereocenters. The van der Waals surface area contributed by atoms with Gasteiger partial charge in [0, 0.05) is 32.7 Å². The smallest absolute Gasteiger partial charge is 0.228 e. The van der Waals surface area contributed by atoms with E-state index in [2.05, 4.69) is 70.5 Å². The average Bonchev–Trinajstić information content (AvgIpc) is 3.04. The lowest BCUT2D eigenvalue weighted by Gasteiger charge is -2.62. The molecular formula is C29H36N2O. The maximum atomic E-state index is 14.2. The van der Waals surface area contributed by atoms with Crippen LogP contribution >= 0.6 is 0 Å². The third-order valence-electron chi connectivity index (χ3n) is 9.03. The predicted octanol–water partition coefficient (Wildman–Crippen LogP) is 5.26. The van der Waals surface area contributed by atoms with Crippen LogP contribution in [0, 0.1) is 17.3 Å². The molecule has 4 saturated carbocycles. The number of hydrogen-bond acceptors (Lipinski definition) is 2. The van der Waals surface area contributed by atoms with Crippen molar-refractivity contribution in [2.24, 2.45) is 17.3 Å². The number of rotatable bonds is 4. The molecule has 2 unspecified atom stereocenters. The van der Waals surface area contributed by atoms with E-state index in [0.717, 1.165) is 70.2 Å². The summed E-state index contributed by atoms with van der Waals surface area (Å²) in [7, 11) is 0. The molecule has 4 bridgehead atoms. The Morgan fingerprint density at radius 1 is 0.812 bits per heavy atom. The van der Waals surface area contributed by atoms with Gasteiger partial charge >= 0.3 is 0 Å². The second-order valence-corrected chi connectivity index (χ2v) is 11.3. The predicted molar refractivity (Wildman–Crippen MR) is 128 cm³/mol. The van der Waals surface area contributed by atoms with Crippen molar-refractivity contribution in [1.82, 2.24) is 9.80 Å². The van der Waals surface area contributed by atoms with E-state index in [1.807, 2.05) is 0 Å². The summed E-state index contributed by atoms with van der Waals surface area (Å²) < 4.78 is 0. The summed E-state index contributed by atoms with van der Waals surface area (Å²) in [6.45, 7) is 4.90. The van der Waals surface area contributed by atoms with Gasteiger partial charge in [-0.05, 0) is 73.3 Å². The van der Waals surface area contributed by atoms with E-state index in [4.69, 9.17) is 0 Å². The molecule has 5 aliphatic rings. The lowest BCUT2D eigenvalue weighted by molar-refractivity contribution is -0.160. The number of amides is 1. The van der Waals surface area contributed by atoms with E-state index >= 15 is 0 Å². The molecule has 3 nitrogen and oxygen atoms in total. The maximum absolute atomic E-state index is 14.2. The number of hydrogen-bond donors (Lipinski definition) is 0. The largest absolute Gasteiger partial charge is 0.341 e. The van der Waals surface area contributed by atoms with Crippen molar-refractivity contribution in [3.05, 3.63) is 71.8 Å².